The van der Waals surface area contributed by atoms with Crippen LogP contribution in [0.2, 0.25) is 0 Å². The number of amides is 1. The van der Waals surface area contributed by atoms with Crippen molar-refractivity contribution in [2.24, 2.45) is 17.8 Å². The molecule has 0 radical (unpaired) electrons. The topological polar surface area (TPSA) is 70.0 Å². The minimum atomic E-state index is -4.37. The van der Waals surface area contributed by atoms with E-state index in [1.165, 1.54) is 0 Å². The van der Waals surface area contributed by atoms with Crippen molar-refractivity contribution < 1.29 is 22.8 Å². The van der Waals surface area contributed by atoms with Gasteiger partial charge in [0.2, 0.25) is 5.91 Å². The number of ketones is 1. The monoisotopic (exact) mass is 388 g/mol. The summed E-state index contributed by atoms with van der Waals surface area (Å²) >= 11 is 0. The Balaban J connectivity index is 1.76. The summed E-state index contributed by atoms with van der Waals surface area (Å²) in [6, 6.07) is 14.2. The van der Waals surface area contributed by atoms with E-state index in [2.05, 4.69) is 5.32 Å². The molecule has 1 saturated carbocycles. The molecule has 3 rings (SSSR count). The lowest BCUT2D eigenvalue weighted by atomic mass is 9.76. The maximum Gasteiger partial charge on any atom is 0.391 e. The van der Waals surface area contributed by atoms with E-state index in [0.29, 0.717) is 5.69 Å². The fraction of sp³-hybridized carbons (Fsp3) is 0.381. The van der Waals surface area contributed by atoms with Gasteiger partial charge in [-0.1, -0.05) is 42.8 Å². The third-order valence-corrected chi connectivity index (χ3v) is 5.26. The molecule has 0 aromatic heterocycles. The van der Waals surface area contributed by atoms with E-state index < -0.39 is 35.6 Å². The molecule has 3 atom stereocenters. The van der Waals surface area contributed by atoms with Gasteiger partial charge in [0.1, 0.15) is 0 Å². The molecule has 1 fully saturated rings. The molecule has 0 spiro atoms. The minimum Gasteiger partial charge on any atom is -0.324 e. The number of nitrogens with zero attached hydrogens (tertiary/aromatic N) is 1. The van der Waals surface area contributed by atoms with Crippen molar-refractivity contribution in [1.29, 1.82) is 5.26 Å². The molecule has 146 valence electrons. The van der Waals surface area contributed by atoms with Crippen LogP contribution < -0.4 is 5.32 Å². The molecule has 7 heteroatoms. The van der Waals surface area contributed by atoms with E-state index in [9.17, 15) is 28.0 Å². The Bertz CT molecular complexity index is 928. The summed E-state index contributed by atoms with van der Waals surface area (Å²) in [5, 5.41) is 13.6. The van der Waals surface area contributed by atoms with Crippen molar-refractivity contribution in [2.75, 3.05) is 5.32 Å². The molecule has 0 heterocycles. The maximum atomic E-state index is 13.0. The molecule has 0 bridgehead atoms. The highest BCUT2D eigenvalue weighted by Crippen LogP contribution is 2.41. The van der Waals surface area contributed by atoms with Crippen LogP contribution in [0.3, 0.4) is 0 Å². The van der Waals surface area contributed by atoms with Gasteiger partial charge in [-0.05, 0) is 30.7 Å². The molecular weight excluding hydrogens is 369 g/mol. The fourth-order valence-electron chi connectivity index (χ4n) is 3.77. The van der Waals surface area contributed by atoms with E-state index in [4.69, 9.17) is 0 Å². The zero-order chi connectivity index (χ0) is 20.3. The first-order valence-corrected chi connectivity index (χ1v) is 9.10. The lowest BCUT2D eigenvalue weighted by Crippen LogP contribution is -2.37. The van der Waals surface area contributed by atoms with Crippen LogP contribution in [-0.4, -0.2) is 17.9 Å². The smallest absolute Gasteiger partial charge is 0.324 e. The molecule has 1 N–H and O–H groups in total. The first-order chi connectivity index (χ1) is 13.3. The summed E-state index contributed by atoms with van der Waals surface area (Å²) in [6.45, 7) is 0. The van der Waals surface area contributed by atoms with Crippen LogP contribution in [0, 0.1) is 29.1 Å². The van der Waals surface area contributed by atoms with E-state index in [1.807, 2.05) is 18.2 Å². The number of hydrogen-bond donors (Lipinski definition) is 1. The Morgan fingerprint density at radius 3 is 2.54 bits per heavy atom. The van der Waals surface area contributed by atoms with Gasteiger partial charge >= 0.3 is 6.18 Å². The van der Waals surface area contributed by atoms with Crippen LogP contribution in [0.5, 0.6) is 0 Å². The number of alkyl halides is 3. The van der Waals surface area contributed by atoms with Gasteiger partial charge in [0, 0.05) is 17.0 Å². The average Bonchev–Trinajstić information content (AvgIpc) is 2.68. The number of Topliss-reactive ketones (excluding diaryl/α,β-unsaturated/α-hetero) is 1. The Kier molecular flexibility index (Phi) is 5.68. The van der Waals surface area contributed by atoms with Gasteiger partial charge in [-0.25, -0.2) is 0 Å². The number of nitriles is 1. The number of nitrogens with one attached hydrogen (secondary N) is 1. The average molecular weight is 388 g/mol. The third kappa shape index (κ3) is 4.16. The Labute approximate surface area is 160 Å². The fourth-order valence-corrected chi connectivity index (χ4v) is 3.77. The van der Waals surface area contributed by atoms with Crippen LogP contribution >= 0.6 is 0 Å². The second-order valence-electron chi connectivity index (χ2n) is 7.08. The highest BCUT2D eigenvalue weighted by molar-refractivity contribution is 6.12. The summed E-state index contributed by atoms with van der Waals surface area (Å²) in [7, 11) is 0. The molecule has 4 nitrogen and oxygen atoms in total. The van der Waals surface area contributed by atoms with Crippen molar-refractivity contribution in [1.82, 2.24) is 0 Å². The van der Waals surface area contributed by atoms with Crippen LogP contribution in [-0.2, 0) is 9.59 Å². The molecule has 0 saturated heterocycles. The quantitative estimate of drug-likeness (QED) is 0.761. The van der Waals surface area contributed by atoms with Crippen molar-refractivity contribution >= 4 is 28.2 Å². The Morgan fingerprint density at radius 1 is 1.11 bits per heavy atom. The zero-order valence-electron chi connectivity index (χ0n) is 15.0. The van der Waals surface area contributed by atoms with Gasteiger partial charge in [0.15, 0.2) is 11.7 Å². The third-order valence-electron chi connectivity index (χ3n) is 5.26. The Morgan fingerprint density at radius 2 is 1.82 bits per heavy atom. The van der Waals surface area contributed by atoms with Crippen LogP contribution in [0.1, 0.15) is 25.7 Å². The normalized spacial score (nSPS) is 20.9. The molecule has 1 amide bonds. The largest absolute Gasteiger partial charge is 0.391 e. The van der Waals surface area contributed by atoms with Crippen molar-refractivity contribution in [3.8, 4) is 6.07 Å². The van der Waals surface area contributed by atoms with Gasteiger partial charge in [0.25, 0.3) is 0 Å². The van der Waals surface area contributed by atoms with Gasteiger partial charge < -0.3 is 5.32 Å². The molecular formula is C21H19F3N2O2. The second-order valence-corrected chi connectivity index (χ2v) is 7.08. The lowest BCUT2D eigenvalue weighted by Gasteiger charge is -2.30. The van der Waals surface area contributed by atoms with Gasteiger partial charge in [-0.2, -0.15) is 18.4 Å². The number of anilines is 1. The standard InChI is InChI=1S/C21H19F3N2O2/c22-21(23,24)15-8-3-7-14(11-15)19(27)17(12-25)20(28)26-18-10-4-6-13-5-1-2-9-16(13)18/h1-2,4-6,9-10,14-15,17H,3,7-8,11H2,(H,26,28). The zero-order valence-corrected chi connectivity index (χ0v) is 15.0. The van der Waals surface area contributed by atoms with Crippen LogP contribution in [0.15, 0.2) is 42.5 Å². The number of benzene rings is 2. The van der Waals surface area contributed by atoms with Crippen molar-refractivity contribution in [3.05, 3.63) is 42.5 Å². The first-order valence-electron chi connectivity index (χ1n) is 9.10. The van der Waals surface area contributed by atoms with Gasteiger partial charge in [0.05, 0.1) is 12.0 Å². The summed E-state index contributed by atoms with van der Waals surface area (Å²) in [5.74, 6) is -5.65. The maximum absolute atomic E-state index is 13.0. The summed E-state index contributed by atoms with van der Waals surface area (Å²) in [4.78, 5) is 25.2. The SMILES string of the molecule is N#CC(C(=O)Nc1cccc2ccccc12)C(=O)C1CCCC(C(F)(F)F)C1. The van der Waals surface area contributed by atoms with Gasteiger partial charge in [-0.3, -0.25) is 9.59 Å². The molecule has 1 aliphatic rings. The number of halogens is 3. The molecule has 0 aliphatic heterocycles. The van der Waals surface area contributed by atoms with Crippen LogP contribution in [0.25, 0.3) is 10.8 Å². The number of carbonyl (C=O) groups excluding carboxylic acids is 2. The molecule has 1 aliphatic carbocycles. The number of carbonyl (C=O) groups is 2. The van der Waals surface area contributed by atoms with Gasteiger partial charge in [-0.15, -0.1) is 0 Å². The minimum absolute atomic E-state index is 0.0211. The molecule has 2 aromatic rings. The van der Waals surface area contributed by atoms with Crippen LogP contribution in [0.4, 0.5) is 18.9 Å². The van der Waals surface area contributed by atoms with E-state index in [0.717, 1.165) is 10.8 Å². The molecule has 3 unspecified atom stereocenters. The number of hydrogen-bond acceptors (Lipinski definition) is 3. The number of rotatable bonds is 4. The predicted molar refractivity (Wildman–Crippen MR) is 98.2 cm³/mol. The first kappa shape index (κ1) is 19.9. The predicted octanol–water partition coefficient (Wildman–Crippen LogP) is 4.86. The molecule has 28 heavy (non-hydrogen) atoms. The highest BCUT2D eigenvalue weighted by atomic mass is 19.4. The van der Waals surface area contributed by atoms with Crippen molar-refractivity contribution in [3.63, 3.8) is 0 Å². The second kappa shape index (κ2) is 8.01. The lowest BCUT2D eigenvalue weighted by molar-refractivity contribution is -0.186. The van der Waals surface area contributed by atoms with E-state index >= 15 is 0 Å². The Hall–Kier alpha value is -2.88. The number of fused-ring (bicyclic) bond motifs is 1. The summed E-state index contributed by atoms with van der Waals surface area (Å²) in [6.07, 6.45) is -4.23. The highest BCUT2D eigenvalue weighted by Gasteiger charge is 2.45. The summed E-state index contributed by atoms with van der Waals surface area (Å²) in [5.41, 5.74) is 0.452. The van der Waals surface area contributed by atoms with E-state index in [1.54, 1.807) is 30.3 Å². The van der Waals surface area contributed by atoms with Crippen molar-refractivity contribution in [2.45, 2.75) is 31.9 Å². The molecule has 2 aromatic carbocycles. The van der Waals surface area contributed by atoms with E-state index in [-0.39, 0.29) is 25.7 Å². The summed E-state index contributed by atoms with van der Waals surface area (Å²) < 4.78 is 39.0.